The van der Waals surface area contributed by atoms with Crippen LogP contribution in [0.25, 0.3) is 44.8 Å². The van der Waals surface area contributed by atoms with Gasteiger partial charge < -0.3 is 15.2 Å². The molecule has 3 aromatic heterocycles. The van der Waals surface area contributed by atoms with Crippen LogP contribution in [-0.2, 0) is 6.54 Å². The van der Waals surface area contributed by atoms with Crippen LogP contribution in [-0.4, -0.2) is 55.6 Å². The van der Waals surface area contributed by atoms with Crippen LogP contribution in [0.2, 0.25) is 0 Å². The molecule has 0 bridgehead atoms. The van der Waals surface area contributed by atoms with Gasteiger partial charge in [-0.3, -0.25) is 14.9 Å². The largest absolute Gasteiger partial charge is 0.337 e. The van der Waals surface area contributed by atoms with Crippen molar-refractivity contribution in [2.45, 2.75) is 58.5 Å². The molecule has 3 N–H and O–H groups in total. The summed E-state index contributed by atoms with van der Waals surface area (Å²) in [4.78, 5) is 28.7. The third-order valence-corrected chi connectivity index (χ3v) is 8.39. The normalized spacial score (nSPS) is 14.0. The Kier molecular flexibility index (Phi) is 7.65. The first-order chi connectivity index (χ1) is 20.0. The van der Waals surface area contributed by atoms with E-state index in [-0.39, 0.29) is 11.9 Å². The number of nitrogens with one attached hydrogen (secondary N) is 3. The number of hydrogen-bond acceptors (Lipinski definition) is 5. The van der Waals surface area contributed by atoms with Gasteiger partial charge in [-0.2, -0.15) is 5.10 Å². The van der Waals surface area contributed by atoms with E-state index in [1.165, 1.54) is 17.5 Å². The lowest BCUT2D eigenvalue weighted by molar-refractivity contribution is 0.0692. The molecule has 0 saturated heterocycles. The molecule has 0 atom stereocenters. The van der Waals surface area contributed by atoms with Crippen LogP contribution >= 0.6 is 0 Å². The van der Waals surface area contributed by atoms with Gasteiger partial charge in [0.25, 0.3) is 5.91 Å². The van der Waals surface area contributed by atoms with E-state index in [4.69, 9.17) is 4.98 Å². The van der Waals surface area contributed by atoms with Gasteiger partial charge in [0.15, 0.2) is 5.82 Å². The third-order valence-electron chi connectivity index (χ3n) is 8.39. The molecule has 1 aliphatic carbocycles. The van der Waals surface area contributed by atoms with E-state index in [0.717, 1.165) is 66.4 Å². The fourth-order valence-corrected chi connectivity index (χ4v) is 5.91. The average molecular weight is 548 g/mol. The van der Waals surface area contributed by atoms with Crippen LogP contribution in [0, 0.1) is 6.92 Å². The van der Waals surface area contributed by atoms with Gasteiger partial charge in [0.2, 0.25) is 0 Å². The van der Waals surface area contributed by atoms with Crippen molar-refractivity contribution in [3.8, 4) is 33.9 Å². The van der Waals surface area contributed by atoms with E-state index in [0.29, 0.717) is 22.9 Å². The molecule has 3 heterocycles. The second-order valence-electron chi connectivity index (χ2n) is 11.0. The van der Waals surface area contributed by atoms with E-state index < -0.39 is 0 Å². The number of fused-ring (bicyclic) bond motifs is 1. The van der Waals surface area contributed by atoms with Gasteiger partial charge in [-0.15, -0.1) is 0 Å². The molecule has 41 heavy (non-hydrogen) atoms. The SMILES string of the molecule is CCNCc1cncc(-c2ccc3[nH]nc(-c4nc(-c5ccccc5)c(C(=O)N(C)C5CCCCC5)[nH]4)c3c2)c1C. The quantitative estimate of drug-likeness (QED) is 0.206. The number of benzene rings is 2. The average Bonchev–Trinajstić information content (AvgIpc) is 3.65. The second-order valence-corrected chi connectivity index (χ2v) is 11.0. The van der Waals surface area contributed by atoms with Crippen LogP contribution < -0.4 is 5.32 Å². The number of imidazole rings is 1. The van der Waals surface area contributed by atoms with Gasteiger partial charge in [0.05, 0.1) is 5.52 Å². The van der Waals surface area contributed by atoms with Gasteiger partial charge in [0.1, 0.15) is 17.1 Å². The summed E-state index contributed by atoms with van der Waals surface area (Å²) >= 11 is 0. The number of H-pyrrole nitrogens is 2. The number of amides is 1. The van der Waals surface area contributed by atoms with Crippen molar-refractivity contribution in [2.24, 2.45) is 0 Å². The summed E-state index contributed by atoms with van der Waals surface area (Å²) < 4.78 is 0. The Balaban J connectivity index is 1.42. The lowest BCUT2D eigenvalue weighted by Gasteiger charge is -2.31. The molecule has 8 heteroatoms. The zero-order valence-electron chi connectivity index (χ0n) is 24.0. The van der Waals surface area contributed by atoms with Crippen LogP contribution in [0.5, 0.6) is 0 Å². The summed E-state index contributed by atoms with van der Waals surface area (Å²) in [7, 11) is 1.92. The Morgan fingerprint density at radius 1 is 1.02 bits per heavy atom. The number of pyridine rings is 1. The monoisotopic (exact) mass is 547 g/mol. The summed E-state index contributed by atoms with van der Waals surface area (Å²) in [6.07, 6.45) is 9.50. The van der Waals surface area contributed by atoms with Crippen LogP contribution in [0.1, 0.15) is 60.6 Å². The van der Waals surface area contributed by atoms with Crippen molar-refractivity contribution >= 4 is 16.8 Å². The van der Waals surface area contributed by atoms with Crippen molar-refractivity contribution in [3.05, 3.63) is 77.7 Å². The van der Waals surface area contributed by atoms with Gasteiger partial charge in [-0.05, 0) is 55.1 Å². The summed E-state index contributed by atoms with van der Waals surface area (Å²) in [6, 6.07) is 16.4. The molecule has 1 fully saturated rings. The number of rotatable bonds is 8. The highest BCUT2D eigenvalue weighted by Crippen LogP contribution is 2.34. The first-order valence-corrected chi connectivity index (χ1v) is 14.6. The van der Waals surface area contributed by atoms with Gasteiger partial charge in [-0.1, -0.05) is 62.6 Å². The second kappa shape index (κ2) is 11.7. The van der Waals surface area contributed by atoms with Gasteiger partial charge in [-0.25, -0.2) is 4.98 Å². The molecule has 8 nitrogen and oxygen atoms in total. The Labute approximate surface area is 240 Å². The topological polar surface area (TPSA) is 103 Å². The maximum Gasteiger partial charge on any atom is 0.272 e. The molecule has 5 aromatic rings. The lowest BCUT2D eigenvalue weighted by Crippen LogP contribution is -2.38. The molecule has 0 radical (unpaired) electrons. The third kappa shape index (κ3) is 5.27. The van der Waals surface area contributed by atoms with Gasteiger partial charge in [0, 0.05) is 48.5 Å². The van der Waals surface area contributed by atoms with Crippen LogP contribution in [0.3, 0.4) is 0 Å². The fourth-order valence-electron chi connectivity index (χ4n) is 5.91. The molecule has 0 aliphatic heterocycles. The highest BCUT2D eigenvalue weighted by atomic mass is 16.2. The minimum Gasteiger partial charge on any atom is -0.337 e. The predicted molar refractivity (Wildman–Crippen MR) is 163 cm³/mol. The van der Waals surface area contributed by atoms with E-state index in [1.807, 2.05) is 60.7 Å². The van der Waals surface area contributed by atoms with Crippen molar-refractivity contribution in [2.75, 3.05) is 13.6 Å². The van der Waals surface area contributed by atoms with E-state index in [9.17, 15) is 4.79 Å². The minimum atomic E-state index is -0.0331. The Bertz CT molecular complexity index is 1660. The Hall–Kier alpha value is -4.30. The van der Waals surface area contributed by atoms with Gasteiger partial charge >= 0.3 is 0 Å². The number of nitrogens with zero attached hydrogens (tertiary/aromatic N) is 4. The van der Waals surface area contributed by atoms with E-state index in [2.05, 4.69) is 51.5 Å². The number of aromatic nitrogens is 5. The maximum atomic E-state index is 13.9. The molecule has 1 aliphatic rings. The first-order valence-electron chi connectivity index (χ1n) is 14.6. The standard InChI is InChI=1S/C33H37N7O/c1-4-34-18-24-19-35-20-27(21(24)2)23-15-16-28-26(17-23)30(39-38-28)32-36-29(22-11-7-5-8-12-22)31(37-32)33(41)40(3)25-13-9-6-10-14-25/h5,7-8,11-12,15-17,19-20,25,34H,4,6,9-10,13-14,18H2,1-3H3,(H,36,37)(H,38,39). The van der Waals surface area contributed by atoms with Crippen molar-refractivity contribution in [3.63, 3.8) is 0 Å². The van der Waals surface area contributed by atoms with E-state index >= 15 is 0 Å². The number of hydrogen-bond donors (Lipinski definition) is 3. The maximum absolute atomic E-state index is 13.9. The van der Waals surface area contributed by atoms with E-state index in [1.54, 1.807) is 0 Å². The highest BCUT2D eigenvalue weighted by molar-refractivity contribution is 6.01. The zero-order chi connectivity index (χ0) is 28.3. The molecule has 210 valence electrons. The lowest BCUT2D eigenvalue weighted by atomic mass is 9.94. The molecular weight excluding hydrogens is 510 g/mol. The minimum absolute atomic E-state index is 0.0331. The Morgan fingerprint density at radius 3 is 2.61 bits per heavy atom. The highest BCUT2D eigenvalue weighted by Gasteiger charge is 2.28. The number of aromatic amines is 2. The number of carbonyl (C=O) groups is 1. The first kappa shape index (κ1) is 26.9. The summed E-state index contributed by atoms with van der Waals surface area (Å²) in [6.45, 7) is 5.93. The van der Waals surface area contributed by atoms with Crippen molar-refractivity contribution in [1.82, 2.24) is 35.4 Å². The molecule has 1 amide bonds. The molecule has 1 saturated carbocycles. The molecule has 2 aromatic carbocycles. The summed E-state index contributed by atoms with van der Waals surface area (Å²) in [5.41, 5.74) is 8.18. The smallest absolute Gasteiger partial charge is 0.272 e. The molecule has 6 rings (SSSR count). The van der Waals surface area contributed by atoms with Crippen LogP contribution in [0.15, 0.2) is 60.9 Å². The zero-order valence-corrected chi connectivity index (χ0v) is 24.0. The molecule has 0 unspecified atom stereocenters. The van der Waals surface area contributed by atoms with Crippen LogP contribution in [0.4, 0.5) is 0 Å². The number of carbonyl (C=O) groups excluding carboxylic acids is 1. The predicted octanol–water partition coefficient (Wildman–Crippen LogP) is 6.50. The van der Waals surface area contributed by atoms with Crippen molar-refractivity contribution < 1.29 is 4.79 Å². The summed E-state index contributed by atoms with van der Waals surface area (Å²) in [5, 5.41) is 12.2. The Morgan fingerprint density at radius 2 is 1.83 bits per heavy atom. The molecular formula is C33H37N7O. The fraction of sp³-hybridized carbons (Fsp3) is 0.333. The molecule has 0 spiro atoms. The summed E-state index contributed by atoms with van der Waals surface area (Å²) in [5.74, 6) is 0.539. The van der Waals surface area contributed by atoms with Crippen molar-refractivity contribution in [1.29, 1.82) is 0 Å².